The molecular formula is C15H17N3O3. The molecule has 3 rings (SSSR count). The van der Waals surface area contributed by atoms with Crippen LogP contribution in [0.25, 0.3) is 10.9 Å². The van der Waals surface area contributed by atoms with Crippen LogP contribution in [0.4, 0.5) is 0 Å². The number of aliphatic carboxylic acids is 1. The van der Waals surface area contributed by atoms with Crippen LogP contribution in [0.15, 0.2) is 24.3 Å². The molecule has 1 saturated carbocycles. The van der Waals surface area contributed by atoms with Gasteiger partial charge in [0.2, 0.25) is 5.91 Å². The second kappa shape index (κ2) is 5.55. The van der Waals surface area contributed by atoms with E-state index >= 15 is 0 Å². The van der Waals surface area contributed by atoms with Crippen LogP contribution in [-0.2, 0) is 16.0 Å². The molecule has 0 bridgehead atoms. The number of H-pyrrole nitrogens is 1. The summed E-state index contributed by atoms with van der Waals surface area (Å²) in [5.74, 6) is -1.20. The van der Waals surface area contributed by atoms with E-state index in [1.807, 2.05) is 24.3 Å². The van der Waals surface area contributed by atoms with Gasteiger partial charge in [0, 0.05) is 11.4 Å². The zero-order valence-electron chi connectivity index (χ0n) is 11.5. The van der Waals surface area contributed by atoms with Gasteiger partial charge in [-0.2, -0.15) is 5.10 Å². The van der Waals surface area contributed by atoms with Crippen LogP contribution in [0.2, 0.25) is 0 Å². The van der Waals surface area contributed by atoms with Crippen molar-refractivity contribution in [3.63, 3.8) is 0 Å². The second-order valence-corrected chi connectivity index (χ2v) is 5.51. The molecule has 110 valence electrons. The molecule has 1 fully saturated rings. The zero-order chi connectivity index (χ0) is 14.8. The number of amides is 1. The van der Waals surface area contributed by atoms with E-state index in [2.05, 4.69) is 15.5 Å². The van der Waals surface area contributed by atoms with Crippen molar-refractivity contribution in [1.29, 1.82) is 0 Å². The lowest BCUT2D eigenvalue weighted by Gasteiger charge is -2.12. The molecular weight excluding hydrogens is 270 g/mol. The third-order valence-corrected chi connectivity index (χ3v) is 4.02. The minimum atomic E-state index is -0.772. The topological polar surface area (TPSA) is 95.1 Å². The number of carbonyl (C=O) groups excluding carboxylic acids is 1. The third-order valence-electron chi connectivity index (χ3n) is 4.02. The molecule has 2 atom stereocenters. The summed E-state index contributed by atoms with van der Waals surface area (Å²) in [5.41, 5.74) is 1.63. The van der Waals surface area contributed by atoms with Gasteiger partial charge in [-0.05, 0) is 25.3 Å². The summed E-state index contributed by atoms with van der Waals surface area (Å²) in [4.78, 5) is 23.0. The van der Waals surface area contributed by atoms with Crippen molar-refractivity contribution >= 4 is 22.8 Å². The van der Waals surface area contributed by atoms with Gasteiger partial charge in [0.25, 0.3) is 0 Å². The molecule has 0 unspecified atom stereocenters. The van der Waals surface area contributed by atoms with Gasteiger partial charge < -0.3 is 10.4 Å². The van der Waals surface area contributed by atoms with Crippen molar-refractivity contribution in [3.05, 3.63) is 30.0 Å². The number of aromatic amines is 1. The number of rotatable bonds is 4. The molecule has 21 heavy (non-hydrogen) atoms. The number of carboxylic acid groups (broad SMARTS) is 1. The molecule has 1 aromatic carbocycles. The molecule has 1 aliphatic rings. The summed E-state index contributed by atoms with van der Waals surface area (Å²) in [6.07, 6.45) is 2.11. The Morgan fingerprint density at radius 1 is 1.33 bits per heavy atom. The van der Waals surface area contributed by atoms with E-state index in [-0.39, 0.29) is 24.3 Å². The van der Waals surface area contributed by atoms with Crippen LogP contribution in [0.3, 0.4) is 0 Å². The Bertz CT molecular complexity index is 680. The van der Waals surface area contributed by atoms with E-state index in [1.165, 1.54) is 0 Å². The third kappa shape index (κ3) is 2.89. The molecule has 3 N–H and O–H groups in total. The number of aromatic nitrogens is 2. The van der Waals surface area contributed by atoms with Gasteiger partial charge in [-0.1, -0.05) is 18.2 Å². The minimum absolute atomic E-state index is 0.0345. The maximum atomic E-state index is 12.1. The van der Waals surface area contributed by atoms with E-state index in [0.717, 1.165) is 23.0 Å². The molecule has 1 aliphatic carbocycles. The maximum absolute atomic E-state index is 12.1. The van der Waals surface area contributed by atoms with E-state index in [4.69, 9.17) is 5.11 Å². The quantitative estimate of drug-likeness (QED) is 0.793. The van der Waals surface area contributed by atoms with Crippen LogP contribution in [0.1, 0.15) is 25.0 Å². The molecule has 2 aromatic rings. The monoisotopic (exact) mass is 287 g/mol. The fraction of sp³-hybridized carbons (Fsp3) is 0.400. The Kier molecular flexibility index (Phi) is 3.60. The van der Waals surface area contributed by atoms with Crippen molar-refractivity contribution in [3.8, 4) is 0 Å². The first kappa shape index (κ1) is 13.6. The summed E-state index contributed by atoms with van der Waals surface area (Å²) in [6, 6.07) is 7.59. The summed E-state index contributed by atoms with van der Waals surface area (Å²) >= 11 is 0. The highest BCUT2D eigenvalue weighted by Crippen LogP contribution is 2.25. The first-order valence-electron chi connectivity index (χ1n) is 7.07. The number of nitrogens with zero attached hydrogens (tertiary/aromatic N) is 1. The van der Waals surface area contributed by atoms with Gasteiger partial charge in [0.1, 0.15) is 0 Å². The van der Waals surface area contributed by atoms with Crippen molar-refractivity contribution in [2.75, 3.05) is 0 Å². The predicted octanol–water partition coefficient (Wildman–Crippen LogP) is 1.47. The molecule has 6 heteroatoms. The number of para-hydroxylation sites is 1. The number of carboxylic acids is 1. The standard InChI is InChI=1S/C15H17N3O3/c19-14(16-10-6-5-9(7-10)15(20)21)8-13-11-3-1-2-4-12(11)17-18-13/h1-4,9-10H,5-8H2,(H,16,19)(H,17,18)(H,20,21)/t9-,10+/m0/s1. The maximum Gasteiger partial charge on any atom is 0.306 e. The number of nitrogens with one attached hydrogen (secondary N) is 2. The average Bonchev–Trinajstić information content (AvgIpc) is 3.07. The SMILES string of the molecule is O=C(Cc1[nH]nc2ccccc12)N[C@@H]1CC[C@H](C(=O)O)C1. The van der Waals surface area contributed by atoms with Crippen molar-refractivity contribution in [1.82, 2.24) is 15.5 Å². The highest BCUT2D eigenvalue weighted by atomic mass is 16.4. The Labute approximate surface area is 121 Å². The Hall–Kier alpha value is -2.37. The van der Waals surface area contributed by atoms with Gasteiger partial charge in [-0.3, -0.25) is 14.7 Å². The molecule has 1 heterocycles. The van der Waals surface area contributed by atoms with Crippen LogP contribution in [0, 0.1) is 5.92 Å². The first-order chi connectivity index (χ1) is 10.1. The number of benzene rings is 1. The van der Waals surface area contributed by atoms with Crippen molar-refractivity contribution in [2.24, 2.45) is 5.92 Å². The molecule has 1 aromatic heterocycles. The minimum Gasteiger partial charge on any atom is -0.481 e. The highest BCUT2D eigenvalue weighted by Gasteiger charge is 2.30. The molecule has 0 radical (unpaired) electrons. The molecule has 0 saturated heterocycles. The van der Waals surface area contributed by atoms with Gasteiger partial charge >= 0.3 is 5.97 Å². The fourth-order valence-corrected chi connectivity index (χ4v) is 2.93. The number of fused-ring (bicyclic) bond motifs is 1. The number of carbonyl (C=O) groups is 2. The highest BCUT2D eigenvalue weighted by molar-refractivity contribution is 5.87. The van der Waals surface area contributed by atoms with Crippen molar-refractivity contribution < 1.29 is 14.7 Å². The van der Waals surface area contributed by atoms with Crippen LogP contribution >= 0.6 is 0 Å². The van der Waals surface area contributed by atoms with Gasteiger partial charge in [0.05, 0.1) is 23.5 Å². The smallest absolute Gasteiger partial charge is 0.306 e. The van der Waals surface area contributed by atoms with E-state index in [0.29, 0.717) is 12.8 Å². The molecule has 0 aliphatic heterocycles. The first-order valence-corrected chi connectivity index (χ1v) is 7.07. The fourth-order valence-electron chi connectivity index (χ4n) is 2.93. The lowest BCUT2D eigenvalue weighted by Crippen LogP contribution is -2.34. The molecule has 0 spiro atoms. The normalized spacial score (nSPS) is 21.5. The number of hydrogen-bond donors (Lipinski definition) is 3. The van der Waals surface area contributed by atoms with Crippen LogP contribution in [-0.4, -0.2) is 33.2 Å². The van der Waals surface area contributed by atoms with Crippen molar-refractivity contribution in [2.45, 2.75) is 31.7 Å². The van der Waals surface area contributed by atoms with Crippen LogP contribution < -0.4 is 5.32 Å². The lowest BCUT2D eigenvalue weighted by atomic mass is 10.1. The van der Waals surface area contributed by atoms with Gasteiger partial charge in [-0.15, -0.1) is 0 Å². The summed E-state index contributed by atoms with van der Waals surface area (Å²) in [5, 5.41) is 19.9. The Morgan fingerprint density at radius 3 is 2.90 bits per heavy atom. The lowest BCUT2D eigenvalue weighted by molar-refractivity contribution is -0.141. The van der Waals surface area contributed by atoms with E-state index in [1.54, 1.807) is 0 Å². The van der Waals surface area contributed by atoms with E-state index < -0.39 is 5.97 Å². The summed E-state index contributed by atoms with van der Waals surface area (Å²) in [7, 11) is 0. The molecule has 1 amide bonds. The summed E-state index contributed by atoms with van der Waals surface area (Å²) in [6.45, 7) is 0. The average molecular weight is 287 g/mol. The zero-order valence-corrected chi connectivity index (χ0v) is 11.5. The second-order valence-electron chi connectivity index (χ2n) is 5.51. The Balaban J connectivity index is 1.61. The number of hydrogen-bond acceptors (Lipinski definition) is 3. The largest absolute Gasteiger partial charge is 0.481 e. The van der Waals surface area contributed by atoms with Crippen LogP contribution in [0.5, 0.6) is 0 Å². The van der Waals surface area contributed by atoms with Gasteiger partial charge in [0.15, 0.2) is 0 Å². The Morgan fingerprint density at radius 2 is 2.14 bits per heavy atom. The molecule has 6 nitrogen and oxygen atoms in total. The van der Waals surface area contributed by atoms with Gasteiger partial charge in [-0.25, -0.2) is 0 Å². The summed E-state index contributed by atoms with van der Waals surface area (Å²) < 4.78 is 0. The predicted molar refractivity (Wildman–Crippen MR) is 76.7 cm³/mol. The van der Waals surface area contributed by atoms with E-state index in [9.17, 15) is 9.59 Å².